The van der Waals surface area contributed by atoms with Gasteiger partial charge in [-0.05, 0) is 0 Å². The van der Waals surface area contributed by atoms with Crippen LogP contribution >= 0.6 is 19.0 Å². The average Bonchev–Trinajstić information content (AvgIpc) is 2.43. The van der Waals surface area contributed by atoms with E-state index in [1.807, 2.05) is 31.2 Å². The quantitative estimate of drug-likeness (QED) is 0.465. The molecule has 0 N–H and O–H groups in total. The molecule has 0 saturated carbocycles. The van der Waals surface area contributed by atoms with Crippen molar-refractivity contribution < 1.29 is 17.3 Å². The zero-order valence-corrected chi connectivity index (χ0v) is 10.6. The Kier molecular flexibility index (Phi) is 6.17. The van der Waals surface area contributed by atoms with Crippen molar-refractivity contribution in [2.45, 2.75) is 0 Å². The molecular formula is C7H6AgIN4. The third-order valence-electron chi connectivity index (χ3n) is 1.41. The molecule has 6 heteroatoms. The van der Waals surface area contributed by atoms with Gasteiger partial charge in [0.05, 0.1) is 0 Å². The van der Waals surface area contributed by atoms with Crippen LogP contribution < -0.4 is 0 Å². The summed E-state index contributed by atoms with van der Waals surface area (Å²) >= 11 is 4.88. The van der Waals surface area contributed by atoms with Crippen LogP contribution in [-0.4, -0.2) is 23.9 Å². The molecule has 0 aromatic rings. The van der Waals surface area contributed by atoms with Crippen LogP contribution in [0.25, 0.3) is 0 Å². The minimum absolute atomic E-state index is 0.343. The summed E-state index contributed by atoms with van der Waals surface area (Å²) in [6.07, 6.45) is 0. The molecule has 4 nitrogen and oxygen atoms in total. The van der Waals surface area contributed by atoms with Crippen LogP contribution in [0, 0.1) is 29.3 Å². The van der Waals surface area contributed by atoms with Crippen LogP contribution in [0.4, 0.5) is 0 Å². The van der Waals surface area contributed by atoms with Crippen molar-refractivity contribution >= 4 is 19.0 Å². The first-order chi connectivity index (χ1) is 6.20. The Morgan fingerprint density at radius 2 is 1.46 bits per heavy atom. The number of rotatable bonds is 0. The van der Waals surface area contributed by atoms with E-state index < -0.39 is 0 Å². The van der Waals surface area contributed by atoms with Gasteiger partial charge in [-0.15, -0.1) is 0 Å². The molecule has 0 aromatic heterocycles. The molecule has 0 spiro atoms. The molecule has 1 rings (SSSR count). The van der Waals surface area contributed by atoms with Crippen molar-refractivity contribution in [3.05, 3.63) is 18.1 Å². The molecule has 2 radical (unpaired) electrons. The Bertz CT molecular complexity index is 260. The van der Waals surface area contributed by atoms with E-state index in [9.17, 15) is 0 Å². The second-order valence-corrected chi connectivity index (χ2v) is 2.14. The van der Waals surface area contributed by atoms with Gasteiger partial charge in [-0.1, -0.05) is 0 Å². The van der Waals surface area contributed by atoms with Gasteiger partial charge in [-0.3, -0.25) is 0 Å². The monoisotopic (exact) mass is 380 g/mol. The Balaban J connectivity index is 0.000000671. The summed E-state index contributed by atoms with van der Waals surface area (Å²) in [5, 5.41) is 17.2. The molecule has 0 aromatic carbocycles. The van der Waals surface area contributed by atoms with Gasteiger partial charge in [0.2, 0.25) is 6.67 Å². The van der Waals surface area contributed by atoms with Crippen LogP contribution in [0.15, 0.2) is 11.4 Å². The summed E-state index contributed by atoms with van der Waals surface area (Å²) in [5.74, 6) is 0. The fraction of sp³-hybridized carbons (Fsp3) is 0.286. The van der Waals surface area contributed by atoms with Crippen LogP contribution in [0.3, 0.4) is 0 Å². The molecule has 0 unspecified atom stereocenters. The van der Waals surface area contributed by atoms with Gasteiger partial charge >= 0.3 is 36.3 Å². The van der Waals surface area contributed by atoms with Gasteiger partial charge in [-0.25, -0.2) is 0 Å². The fourth-order valence-electron chi connectivity index (χ4n) is 0.899. The number of hydrogen-bond donors (Lipinski definition) is 0. The maximum atomic E-state index is 8.59. The van der Waals surface area contributed by atoms with Gasteiger partial charge in [0, 0.05) is 14.1 Å². The summed E-state index contributed by atoms with van der Waals surface area (Å²) in [6.45, 7) is 2.77. The van der Waals surface area contributed by atoms with Crippen molar-refractivity contribution in [2.24, 2.45) is 0 Å². The zero-order chi connectivity index (χ0) is 10.4. The van der Waals surface area contributed by atoms with Crippen molar-refractivity contribution in [3.63, 3.8) is 0 Å². The number of hydrogen-bond acceptors (Lipinski definition) is 4. The molecule has 1 aliphatic rings. The van der Waals surface area contributed by atoms with Crippen molar-refractivity contribution in [2.75, 3.05) is 14.1 Å². The van der Waals surface area contributed by atoms with E-state index in [2.05, 4.69) is 23.9 Å². The Labute approximate surface area is 100 Å². The summed E-state index contributed by atoms with van der Waals surface area (Å²) < 4.78 is 0. The van der Waals surface area contributed by atoms with E-state index in [-0.39, 0.29) is 0 Å². The number of halogens is 1. The molecule has 1 aliphatic heterocycles. The summed E-state index contributed by atoms with van der Waals surface area (Å²) in [4.78, 5) is 3.00. The summed E-state index contributed by atoms with van der Waals surface area (Å²) in [7, 11) is 3.36. The molecule has 0 fully saturated rings. The number of nitriles is 2. The van der Waals surface area contributed by atoms with Crippen LogP contribution in [0.2, 0.25) is 0 Å². The third-order valence-corrected chi connectivity index (χ3v) is 1.41. The second kappa shape index (κ2) is 6.28. The number of nitrogens with zero attached hydrogens (tertiary/aromatic N) is 4. The number of allylic oxidation sites excluding steroid dienone is 2. The molecule has 0 saturated heterocycles. The van der Waals surface area contributed by atoms with Crippen molar-refractivity contribution in [1.82, 2.24) is 9.80 Å². The van der Waals surface area contributed by atoms with Crippen molar-refractivity contribution in [3.8, 4) is 12.1 Å². The molecule has 0 amide bonds. The summed E-state index contributed by atoms with van der Waals surface area (Å²) in [5.41, 5.74) is 0.685. The van der Waals surface area contributed by atoms with Gasteiger partial charge in [0.15, 0.2) is 11.4 Å². The molecule has 0 aliphatic carbocycles. The Hall–Kier alpha value is -0.210. The first-order valence-electron chi connectivity index (χ1n) is 3.10. The predicted molar refractivity (Wildman–Crippen MR) is 51.0 cm³/mol. The molecule has 72 valence electrons. The van der Waals surface area contributed by atoms with Crippen LogP contribution in [-0.2, 0) is 17.3 Å². The van der Waals surface area contributed by atoms with Gasteiger partial charge in [0.1, 0.15) is 12.1 Å². The third kappa shape index (κ3) is 2.89. The first-order valence-corrected chi connectivity index (χ1v) is 7.51. The van der Waals surface area contributed by atoms with Gasteiger partial charge < -0.3 is 9.80 Å². The SMILES string of the molecule is CN1[C]N(C)C(C#N)=C1C#N.[Ag][I]. The van der Waals surface area contributed by atoms with E-state index in [0.29, 0.717) is 11.4 Å². The van der Waals surface area contributed by atoms with Gasteiger partial charge in [0.25, 0.3) is 0 Å². The van der Waals surface area contributed by atoms with E-state index in [4.69, 9.17) is 10.5 Å². The fourth-order valence-corrected chi connectivity index (χ4v) is 0.899. The van der Waals surface area contributed by atoms with Crippen LogP contribution in [0.5, 0.6) is 0 Å². The minimum atomic E-state index is 0.343. The topological polar surface area (TPSA) is 54.1 Å². The average molecular weight is 381 g/mol. The summed E-state index contributed by atoms with van der Waals surface area (Å²) in [6, 6.07) is 3.85. The predicted octanol–water partition coefficient (Wildman–Crippen LogP) is 1.00. The standard InChI is InChI=1S/C7H6N4.Ag.HI/c1-10-5-11(2)7(4-9)6(10)3-8;;/h1-2H3;;1H/q;+1;/p-1. The zero-order valence-electron chi connectivity index (χ0n) is 6.97. The normalized spacial score (nSPS) is 14.7. The first kappa shape index (κ1) is 12.8. The molecular weight excluding hydrogens is 375 g/mol. The van der Waals surface area contributed by atoms with E-state index in [1.54, 1.807) is 14.1 Å². The maximum absolute atomic E-state index is 8.59. The van der Waals surface area contributed by atoms with E-state index in [0.717, 1.165) is 0 Å². The van der Waals surface area contributed by atoms with Gasteiger partial charge in [-0.2, -0.15) is 10.5 Å². The molecule has 13 heavy (non-hydrogen) atoms. The Morgan fingerprint density at radius 1 is 1.15 bits per heavy atom. The van der Waals surface area contributed by atoms with Crippen LogP contribution in [0.1, 0.15) is 0 Å². The van der Waals surface area contributed by atoms with Crippen molar-refractivity contribution in [1.29, 1.82) is 10.5 Å². The molecule has 0 atom stereocenters. The van der Waals surface area contributed by atoms with E-state index >= 15 is 0 Å². The second-order valence-electron chi connectivity index (χ2n) is 2.14. The van der Waals surface area contributed by atoms with E-state index in [1.165, 1.54) is 9.80 Å². The molecule has 0 bridgehead atoms. The molecule has 1 heterocycles. The Morgan fingerprint density at radius 3 is 1.69 bits per heavy atom.